The molecule has 2 aliphatic carbocycles. The second-order valence-electron chi connectivity index (χ2n) is 7.44. The average Bonchev–Trinajstić information content (AvgIpc) is 2.83. The van der Waals surface area contributed by atoms with E-state index in [1.165, 1.54) is 12.8 Å². The number of hydrogen-bond donors (Lipinski definition) is 0. The third kappa shape index (κ3) is 4.00. The minimum Gasteiger partial charge on any atom is -1.00 e. The quantitative estimate of drug-likeness (QED) is 0.530. The Bertz CT molecular complexity index is 454. The van der Waals surface area contributed by atoms with Crippen LogP contribution in [0.3, 0.4) is 0 Å². The van der Waals surface area contributed by atoms with Crippen LogP contribution in [0.1, 0.15) is 14.3 Å². The second-order valence-corrected chi connectivity index (χ2v) is 21.1. The van der Waals surface area contributed by atoms with E-state index in [2.05, 4.69) is 63.6 Å². The van der Waals surface area contributed by atoms with Crippen LogP contribution in [0.4, 0.5) is 0 Å². The maximum absolute atomic E-state index is 2.50. The van der Waals surface area contributed by atoms with Crippen molar-refractivity contribution < 1.29 is 46.1 Å². The molecule has 2 rings (SSSR count). The number of rotatable bonds is 4. The Morgan fingerprint density at radius 1 is 0.789 bits per heavy atom. The Morgan fingerprint density at radius 2 is 1.16 bits per heavy atom. The van der Waals surface area contributed by atoms with Gasteiger partial charge in [0.15, 0.2) is 0 Å². The molecule has 2 aliphatic rings. The molecule has 0 heterocycles. The molecule has 0 saturated heterocycles. The van der Waals surface area contributed by atoms with Crippen LogP contribution in [0.5, 0.6) is 0 Å². The minimum absolute atomic E-state index is 0. The van der Waals surface area contributed by atoms with Crippen LogP contribution in [0.2, 0.25) is 39.3 Å². The van der Waals surface area contributed by atoms with E-state index >= 15 is 0 Å². The van der Waals surface area contributed by atoms with Gasteiger partial charge >= 0.3 is 148 Å². The zero-order valence-corrected chi connectivity index (χ0v) is 17.5. The standard InChI is InChI=1S/2C8H13Si.Eu.H/c2*1-9(2,3)8-6-4-5-7-8;;/h2*4,6H,5H2,1-3H3;;/q;;+1;-1. The largest absolute Gasteiger partial charge is 1.00 e. The summed E-state index contributed by atoms with van der Waals surface area (Å²) in [5.41, 5.74) is 0. The van der Waals surface area contributed by atoms with Gasteiger partial charge in [0.05, 0.1) is 0 Å². The van der Waals surface area contributed by atoms with Gasteiger partial charge in [0.2, 0.25) is 0 Å². The predicted octanol–water partition coefficient (Wildman–Crippen LogP) is 5.37. The summed E-state index contributed by atoms with van der Waals surface area (Å²) in [5, 5.41) is 3.56. The van der Waals surface area contributed by atoms with E-state index < -0.39 is 16.1 Å². The van der Waals surface area contributed by atoms with Crippen molar-refractivity contribution in [2.45, 2.75) is 52.1 Å². The Labute approximate surface area is 147 Å². The molecule has 0 aromatic rings. The first kappa shape index (κ1) is 16.4. The first-order valence-electron chi connectivity index (χ1n) is 7.15. The van der Waals surface area contributed by atoms with Gasteiger partial charge in [0, 0.05) is 0 Å². The molecule has 0 nitrogen and oxygen atoms in total. The number of allylic oxidation sites excluding steroid dienone is 8. The SMILES string of the molecule is C[Si](C)(C)C1=[C]([Eu+][C]2=C([Si](C)(C)C)C=CC2)CC=C1.[H-]. The van der Waals surface area contributed by atoms with Gasteiger partial charge in [-0.15, -0.1) is 0 Å². The fourth-order valence-electron chi connectivity index (χ4n) is 2.59. The van der Waals surface area contributed by atoms with Crippen molar-refractivity contribution in [3.63, 3.8) is 0 Å². The summed E-state index contributed by atoms with van der Waals surface area (Å²) in [6, 6.07) is 0. The fraction of sp³-hybridized carbons (Fsp3) is 0.500. The maximum atomic E-state index is 2.50. The summed E-state index contributed by atoms with van der Waals surface area (Å²) >= 11 is -0.329. The summed E-state index contributed by atoms with van der Waals surface area (Å²) in [7, 11) is -2.26. The molecule has 0 radical (unpaired) electrons. The van der Waals surface area contributed by atoms with Gasteiger partial charge in [-0.05, 0) is 0 Å². The Morgan fingerprint density at radius 3 is 1.47 bits per heavy atom. The first-order chi connectivity index (χ1) is 8.69. The third-order valence-electron chi connectivity index (χ3n) is 3.59. The van der Waals surface area contributed by atoms with Crippen LogP contribution in [0.25, 0.3) is 0 Å². The van der Waals surface area contributed by atoms with Gasteiger partial charge in [0.1, 0.15) is 0 Å². The Hall–Kier alpha value is 0.978. The topological polar surface area (TPSA) is 0 Å². The van der Waals surface area contributed by atoms with Gasteiger partial charge in [-0.2, -0.15) is 0 Å². The van der Waals surface area contributed by atoms with E-state index in [1.54, 1.807) is 10.4 Å². The van der Waals surface area contributed by atoms with E-state index in [1.807, 2.05) is -0.0654 Å². The van der Waals surface area contributed by atoms with Crippen LogP contribution in [0, 0.1) is 44.6 Å². The van der Waals surface area contributed by atoms with Crippen molar-refractivity contribution in [1.29, 1.82) is 0 Å². The van der Waals surface area contributed by atoms with Crippen molar-refractivity contribution in [3.05, 3.63) is 34.6 Å². The summed E-state index contributed by atoms with van der Waals surface area (Å²) in [6.07, 6.45) is 12.3. The molecule has 3 heteroatoms. The molecule has 19 heavy (non-hydrogen) atoms. The maximum Gasteiger partial charge on any atom is -1.00 e. The van der Waals surface area contributed by atoms with E-state index in [4.69, 9.17) is 0 Å². The zero-order chi connectivity index (χ0) is 14.3. The van der Waals surface area contributed by atoms with E-state index in [0.717, 1.165) is 0 Å². The number of hydrogen-bond acceptors (Lipinski definition) is 0. The van der Waals surface area contributed by atoms with Gasteiger partial charge in [-0.1, -0.05) is 0 Å². The molecule has 0 aromatic heterocycles. The van der Waals surface area contributed by atoms with Crippen molar-refractivity contribution in [1.82, 2.24) is 0 Å². The van der Waals surface area contributed by atoms with Crippen molar-refractivity contribution in [3.8, 4) is 0 Å². The average molecular weight is 428 g/mol. The molecule has 0 bridgehead atoms. The predicted molar refractivity (Wildman–Crippen MR) is 89.4 cm³/mol. The molecular formula is C16H27EuSi2. The molecule has 0 saturated carbocycles. The van der Waals surface area contributed by atoms with Gasteiger partial charge < -0.3 is 1.43 Å². The summed E-state index contributed by atoms with van der Waals surface area (Å²) in [6.45, 7) is 15.0. The second kappa shape index (κ2) is 6.00. The third-order valence-corrected chi connectivity index (χ3v) is 12.7. The summed E-state index contributed by atoms with van der Waals surface area (Å²) < 4.78 is 3.74. The van der Waals surface area contributed by atoms with E-state index in [-0.39, 0.29) is 46.1 Å². The molecule has 0 amide bonds. The van der Waals surface area contributed by atoms with Crippen LogP contribution in [-0.2, 0) is 0 Å². The van der Waals surface area contributed by atoms with E-state index in [0.29, 0.717) is 0 Å². The minimum atomic E-state index is -1.13. The normalized spacial score (nSPS) is 20.1. The molecule has 0 atom stereocenters. The van der Waals surface area contributed by atoms with Crippen LogP contribution >= 0.6 is 0 Å². The molecular weight excluding hydrogens is 400 g/mol. The zero-order valence-electron chi connectivity index (χ0n) is 14.1. The van der Waals surface area contributed by atoms with Crippen LogP contribution in [-0.4, -0.2) is 16.1 Å². The van der Waals surface area contributed by atoms with Gasteiger partial charge in [-0.25, -0.2) is 0 Å². The Kier molecular flexibility index (Phi) is 5.16. The molecule has 0 unspecified atom stereocenters. The van der Waals surface area contributed by atoms with Crippen molar-refractivity contribution >= 4 is 16.1 Å². The smallest absolute Gasteiger partial charge is 1.00 e. The Balaban J connectivity index is 0.00000200. The summed E-state index contributed by atoms with van der Waals surface area (Å²) in [5.74, 6) is 0. The van der Waals surface area contributed by atoms with Gasteiger partial charge in [0.25, 0.3) is 0 Å². The molecule has 0 aromatic carbocycles. The van der Waals surface area contributed by atoms with Crippen LogP contribution < -0.4 is 0 Å². The molecule has 106 valence electrons. The fourth-order valence-corrected chi connectivity index (χ4v) is 14.8. The van der Waals surface area contributed by atoms with Crippen molar-refractivity contribution in [2.24, 2.45) is 0 Å². The molecule has 0 N–H and O–H groups in total. The molecule has 0 spiro atoms. The molecule has 0 fully saturated rings. The van der Waals surface area contributed by atoms with Crippen molar-refractivity contribution in [2.75, 3.05) is 0 Å². The monoisotopic (exact) mass is 428 g/mol. The van der Waals surface area contributed by atoms with Gasteiger partial charge in [-0.3, -0.25) is 0 Å². The summed E-state index contributed by atoms with van der Waals surface area (Å²) in [4.78, 5) is 0. The van der Waals surface area contributed by atoms with E-state index in [9.17, 15) is 0 Å². The first-order valence-corrected chi connectivity index (χ1v) is 16.6. The van der Waals surface area contributed by atoms with Crippen LogP contribution in [0.15, 0.2) is 34.6 Å². The molecule has 0 aliphatic heterocycles.